The van der Waals surface area contributed by atoms with Crippen LogP contribution < -0.4 is 0 Å². The Hall–Kier alpha value is -11.2. The zero-order valence-electron chi connectivity index (χ0n) is 66.3. The molecular formula is C108H72F4Ir5N5-5. The van der Waals surface area contributed by atoms with Gasteiger partial charge in [0.05, 0.1) is 0 Å². The maximum atomic E-state index is 13.4. The fourth-order valence-electron chi connectivity index (χ4n) is 15.8. The summed E-state index contributed by atoms with van der Waals surface area (Å²) in [7, 11) is 0. The molecule has 0 saturated heterocycles. The minimum Gasteiger partial charge on any atom is -0.304 e. The molecule has 5 nitrogen and oxygen atoms in total. The summed E-state index contributed by atoms with van der Waals surface area (Å²) in [6, 6.07) is 121. The van der Waals surface area contributed by atoms with Gasteiger partial charge in [0.2, 0.25) is 0 Å². The quantitative estimate of drug-likeness (QED) is 0.0976. The van der Waals surface area contributed by atoms with Gasteiger partial charge < -0.3 is 24.9 Å². The van der Waals surface area contributed by atoms with E-state index >= 15 is 0 Å². The summed E-state index contributed by atoms with van der Waals surface area (Å²) in [6.45, 7) is 10.5. The van der Waals surface area contributed by atoms with Gasteiger partial charge in [0.1, 0.15) is 0 Å². The van der Waals surface area contributed by atoms with Crippen LogP contribution in [0.1, 0.15) is 47.2 Å². The van der Waals surface area contributed by atoms with E-state index in [0.29, 0.717) is 16.8 Å². The van der Waals surface area contributed by atoms with Crippen molar-refractivity contribution >= 4 is 108 Å². The smallest absolute Gasteiger partial charge is 0.304 e. The molecule has 5 radical (unpaired) electrons. The Morgan fingerprint density at radius 2 is 0.557 bits per heavy atom. The Kier molecular flexibility index (Phi) is 27.7. The van der Waals surface area contributed by atoms with E-state index in [2.05, 4.69) is 290 Å². The molecular weight excluding hydrogens is 2400 g/mol. The third-order valence-electron chi connectivity index (χ3n) is 22.2. The third kappa shape index (κ3) is 18.3. The van der Waals surface area contributed by atoms with Gasteiger partial charge in [-0.1, -0.05) is 288 Å². The van der Waals surface area contributed by atoms with Crippen LogP contribution in [0.25, 0.3) is 175 Å². The number of halogens is 4. The topological polar surface area (TPSA) is 64.5 Å². The Balaban J connectivity index is 0.000000131. The number of aryl methyl sites for hydroxylation is 3. The van der Waals surface area contributed by atoms with Crippen LogP contribution in [0.3, 0.4) is 0 Å². The van der Waals surface area contributed by atoms with E-state index in [-0.39, 0.29) is 112 Å². The van der Waals surface area contributed by atoms with Crippen LogP contribution in [0.4, 0.5) is 17.6 Å². The van der Waals surface area contributed by atoms with Crippen LogP contribution in [-0.4, -0.2) is 24.9 Å². The molecule has 0 bridgehead atoms. The molecule has 21 aromatic rings. The second-order valence-electron chi connectivity index (χ2n) is 30.2. The average molecular weight is 2480 g/mol. The summed E-state index contributed by atoms with van der Waals surface area (Å²) in [6.07, 6.45) is 5.25. The minimum atomic E-state index is -4.36. The summed E-state index contributed by atoms with van der Waals surface area (Å²) < 4.78 is 51.3. The molecule has 0 amide bonds. The largest absolute Gasteiger partial charge is 0.381 e. The molecule has 16 aromatic carbocycles. The molecule has 22 rings (SSSR count). The Bertz CT molecular complexity index is 7250. The first kappa shape index (κ1) is 88.6. The van der Waals surface area contributed by atoms with Crippen molar-refractivity contribution in [3.8, 4) is 67.4 Å². The SMILES string of the molecule is CC1(C)c2ccccc2-c2c[c-]c(-c3cc4ccc5ccccc5c4cn3)cc21.Cc1c[c-]c(-c2cc3ccc4ccccc4c3cn2)cc1.Cc1c[c-]c(-c2cc3ccc4ccccc4c3cn2)cc1.Cc1cc(-c2cc3ccc4ccccc4c3cn2)[c-]cc1F.FC(F)(F)c1c[c-]c(-c2cc3ccc4ccccc4c3cn2)cc1.[Ir].[Ir].[Ir].[Ir].[Ir]. The number of hydrogen-bond donors (Lipinski definition) is 0. The maximum absolute atomic E-state index is 13.4. The summed E-state index contributed by atoms with van der Waals surface area (Å²) in [5, 5.41) is 23.6. The normalized spacial score (nSPS) is 11.5. The van der Waals surface area contributed by atoms with Crippen LogP contribution >= 0.6 is 0 Å². The van der Waals surface area contributed by atoms with Crippen LogP contribution in [0.5, 0.6) is 0 Å². The molecule has 0 aliphatic heterocycles. The van der Waals surface area contributed by atoms with Crippen molar-refractivity contribution in [3.63, 3.8) is 0 Å². The fraction of sp³-hybridized carbons (Fsp3) is 0.0648. The number of alkyl halides is 3. The number of hydrogen-bond acceptors (Lipinski definition) is 5. The van der Waals surface area contributed by atoms with Crippen molar-refractivity contribution in [2.45, 2.75) is 46.2 Å². The molecule has 0 spiro atoms. The zero-order valence-corrected chi connectivity index (χ0v) is 78.3. The van der Waals surface area contributed by atoms with E-state index in [0.717, 1.165) is 89.5 Å². The van der Waals surface area contributed by atoms with Crippen molar-refractivity contribution in [1.82, 2.24) is 24.9 Å². The third-order valence-corrected chi connectivity index (χ3v) is 22.2. The summed E-state index contributed by atoms with van der Waals surface area (Å²) in [4.78, 5) is 23.0. The number of pyridine rings is 5. The van der Waals surface area contributed by atoms with E-state index in [1.54, 1.807) is 19.2 Å². The first-order chi connectivity index (χ1) is 57.0. The van der Waals surface area contributed by atoms with Gasteiger partial charge in [-0.3, -0.25) is 4.39 Å². The molecule has 0 unspecified atom stereocenters. The fourth-order valence-corrected chi connectivity index (χ4v) is 15.8. The molecule has 1 aliphatic carbocycles. The second kappa shape index (κ2) is 38.1. The van der Waals surface area contributed by atoms with E-state index in [9.17, 15) is 17.6 Å². The monoisotopic (exact) mass is 2480 g/mol. The van der Waals surface area contributed by atoms with Crippen LogP contribution in [0.15, 0.2) is 346 Å². The van der Waals surface area contributed by atoms with Crippen molar-refractivity contribution in [2.75, 3.05) is 0 Å². The second-order valence-corrected chi connectivity index (χ2v) is 30.2. The summed E-state index contributed by atoms with van der Waals surface area (Å²) >= 11 is 0. The summed E-state index contributed by atoms with van der Waals surface area (Å²) in [5.74, 6) is -0.240. The molecule has 0 N–H and O–H groups in total. The number of benzene rings is 16. The number of nitrogens with zero attached hydrogens (tertiary/aromatic N) is 5. The predicted molar refractivity (Wildman–Crippen MR) is 474 cm³/mol. The van der Waals surface area contributed by atoms with Crippen molar-refractivity contribution in [1.29, 1.82) is 0 Å². The first-order valence-corrected chi connectivity index (χ1v) is 38.8. The number of aromatic nitrogens is 5. The standard InChI is InChI=1S/C28H20N.C20H11F3N.C20H13FN.2C20H14N.5Ir/c1-28(2)25-10-6-5-9-22(25)23-14-13-20(15-26(23)28)27-16-19-12-11-18-7-3-4-8-21(18)24(19)17-29-27;21-20(22,23)16-9-7-14(8-10-16)19-11-15-6-5-13-3-1-2-4-17(13)18(15)12-24-19;1-13-10-16(8-9-19(13)21)20-11-15-7-6-14-4-2-3-5-17(14)18(15)12-22-20;2*1-14-6-8-16(9-7-14)20-12-17-11-10-15-4-2-3-5-18(15)19(17)13-21-20;;;;;/h3-12,14-17H,1-2H3;1-7,9-12H;2-7,9-12H,1H3;2*2-8,10-13H,1H3;;;;;/q5*-1;;;;;. The van der Waals surface area contributed by atoms with Gasteiger partial charge in [-0.2, -0.15) is 13.2 Å². The predicted octanol–water partition coefficient (Wildman–Crippen LogP) is 28.7. The van der Waals surface area contributed by atoms with Gasteiger partial charge in [-0.05, 0) is 126 Å². The molecule has 5 heterocycles. The first-order valence-electron chi connectivity index (χ1n) is 38.8. The Morgan fingerprint density at radius 3 is 0.885 bits per heavy atom. The molecule has 0 atom stereocenters. The molecule has 122 heavy (non-hydrogen) atoms. The van der Waals surface area contributed by atoms with Crippen LogP contribution in [-0.2, 0) is 112 Å². The van der Waals surface area contributed by atoms with Gasteiger partial charge in [-0.25, -0.2) is 0 Å². The van der Waals surface area contributed by atoms with E-state index < -0.39 is 11.7 Å². The summed E-state index contributed by atoms with van der Waals surface area (Å²) in [5.41, 5.74) is 16.5. The number of fused-ring (bicyclic) bond motifs is 18. The van der Waals surface area contributed by atoms with Gasteiger partial charge in [0.25, 0.3) is 0 Å². The van der Waals surface area contributed by atoms with Gasteiger partial charge in [-0.15, -0.1) is 154 Å². The zero-order chi connectivity index (χ0) is 79.9. The van der Waals surface area contributed by atoms with Gasteiger partial charge >= 0.3 is 6.18 Å². The minimum absolute atomic E-state index is 0. The van der Waals surface area contributed by atoms with Crippen LogP contribution in [0, 0.1) is 56.9 Å². The molecule has 5 aromatic heterocycles. The van der Waals surface area contributed by atoms with Crippen LogP contribution in [0.2, 0.25) is 0 Å². The molecule has 1 aliphatic rings. The number of rotatable bonds is 5. The van der Waals surface area contributed by atoms with E-state index in [1.165, 1.54) is 121 Å². The maximum Gasteiger partial charge on any atom is 0.381 e. The van der Waals surface area contributed by atoms with E-state index in [1.807, 2.05) is 97.6 Å². The van der Waals surface area contributed by atoms with E-state index in [4.69, 9.17) is 4.98 Å². The Labute approximate surface area is 773 Å². The molecule has 0 saturated carbocycles. The Morgan fingerprint density at radius 1 is 0.262 bits per heavy atom. The average Bonchev–Trinajstić information content (AvgIpc) is 1.57. The van der Waals surface area contributed by atoms with Crippen molar-refractivity contribution < 1.29 is 118 Å². The van der Waals surface area contributed by atoms with Gasteiger partial charge in [0.15, 0.2) is 0 Å². The van der Waals surface area contributed by atoms with Crippen molar-refractivity contribution in [2.24, 2.45) is 0 Å². The van der Waals surface area contributed by atoms with Gasteiger partial charge in [0, 0.05) is 164 Å². The molecule has 14 heteroatoms. The van der Waals surface area contributed by atoms with Crippen molar-refractivity contribution in [3.05, 3.63) is 416 Å². The molecule has 607 valence electrons. The molecule has 0 fully saturated rings.